The summed E-state index contributed by atoms with van der Waals surface area (Å²) in [5.74, 6) is 0.356. The minimum absolute atomic E-state index is 0.220. The normalized spacial score (nSPS) is 10.7. The van der Waals surface area contributed by atoms with Crippen LogP contribution in [0.15, 0.2) is 60.9 Å². The van der Waals surface area contributed by atoms with Crippen molar-refractivity contribution in [2.45, 2.75) is 6.92 Å². The summed E-state index contributed by atoms with van der Waals surface area (Å²) >= 11 is 6.15. The van der Waals surface area contributed by atoms with Gasteiger partial charge in [0.15, 0.2) is 0 Å². The number of aromatic nitrogens is 3. The number of amides is 1. The topological polar surface area (TPSA) is 106 Å². The Kier molecular flexibility index (Phi) is 4.97. The van der Waals surface area contributed by atoms with Gasteiger partial charge < -0.3 is 16.4 Å². The smallest absolute Gasteiger partial charge is 0.259 e. The summed E-state index contributed by atoms with van der Waals surface area (Å²) in [5.41, 5.74) is 9.05. The fourth-order valence-electron chi connectivity index (χ4n) is 2.82. The number of carbonyl (C=O) groups is 1. The minimum Gasteiger partial charge on any atom is -0.368 e. The lowest BCUT2D eigenvalue weighted by atomic mass is 10.2. The number of benzene rings is 2. The number of hydrogen-bond donors (Lipinski definition) is 3. The van der Waals surface area contributed by atoms with Crippen molar-refractivity contribution in [3.05, 3.63) is 77.1 Å². The highest BCUT2D eigenvalue weighted by atomic mass is 35.5. The van der Waals surface area contributed by atoms with Crippen LogP contribution in [0.1, 0.15) is 15.9 Å². The molecule has 0 bridgehead atoms. The van der Waals surface area contributed by atoms with Crippen molar-refractivity contribution >= 4 is 51.6 Å². The Balaban J connectivity index is 1.60. The van der Waals surface area contributed by atoms with Crippen LogP contribution in [-0.4, -0.2) is 20.9 Å². The van der Waals surface area contributed by atoms with Gasteiger partial charge in [0.1, 0.15) is 5.82 Å². The maximum absolute atomic E-state index is 12.8. The number of nitrogen functional groups attached to an aromatic ring is 1. The van der Waals surface area contributed by atoms with E-state index >= 15 is 0 Å². The second kappa shape index (κ2) is 7.73. The summed E-state index contributed by atoms with van der Waals surface area (Å²) in [6.45, 7) is 1.90. The number of anilines is 4. The Bertz CT molecular complexity index is 1230. The number of aryl methyl sites for hydroxylation is 1. The molecule has 2 aromatic carbocycles. The van der Waals surface area contributed by atoms with Gasteiger partial charge in [-0.15, -0.1) is 0 Å². The number of pyridine rings is 1. The maximum atomic E-state index is 12.8. The molecule has 0 unspecified atom stereocenters. The number of nitrogens with one attached hydrogen (secondary N) is 2. The molecule has 4 rings (SSSR count). The van der Waals surface area contributed by atoms with E-state index in [-0.39, 0.29) is 11.9 Å². The molecule has 0 atom stereocenters. The average molecular weight is 405 g/mol. The Morgan fingerprint density at radius 1 is 1.07 bits per heavy atom. The molecule has 0 aliphatic carbocycles. The molecule has 0 spiro atoms. The Hall–Kier alpha value is -3.71. The Morgan fingerprint density at radius 2 is 1.90 bits per heavy atom. The third-order valence-electron chi connectivity index (χ3n) is 4.34. The van der Waals surface area contributed by atoms with Crippen molar-refractivity contribution in [2.75, 3.05) is 16.4 Å². The van der Waals surface area contributed by atoms with Gasteiger partial charge in [-0.25, -0.2) is 15.0 Å². The molecule has 29 heavy (non-hydrogen) atoms. The number of halogens is 1. The van der Waals surface area contributed by atoms with Gasteiger partial charge in [0, 0.05) is 34.2 Å². The molecule has 7 nitrogen and oxygen atoms in total. The van der Waals surface area contributed by atoms with Gasteiger partial charge >= 0.3 is 0 Å². The van der Waals surface area contributed by atoms with E-state index in [0.29, 0.717) is 22.1 Å². The van der Waals surface area contributed by atoms with Crippen LogP contribution in [-0.2, 0) is 0 Å². The van der Waals surface area contributed by atoms with Gasteiger partial charge in [0.05, 0.1) is 11.1 Å². The van der Waals surface area contributed by atoms with Gasteiger partial charge in [-0.2, -0.15) is 0 Å². The average Bonchev–Trinajstić information content (AvgIpc) is 2.71. The molecule has 2 aromatic heterocycles. The van der Waals surface area contributed by atoms with E-state index in [0.717, 1.165) is 22.2 Å². The Labute approximate surface area is 172 Å². The van der Waals surface area contributed by atoms with Gasteiger partial charge in [-0.3, -0.25) is 4.79 Å². The molecule has 0 radical (unpaired) electrons. The third-order valence-corrected chi connectivity index (χ3v) is 4.75. The molecule has 8 heteroatoms. The van der Waals surface area contributed by atoms with Crippen molar-refractivity contribution in [1.82, 2.24) is 15.0 Å². The SMILES string of the molecule is Cc1ccc(NC(=O)c2cccnc2Nc2ccc3nc(N)ncc3c2)cc1Cl. The zero-order chi connectivity index (χ0) is 20.4. The van der Waals surface area contributed by atoms with Crippen molar-refractivity contribution in [1.29, 1.82) is 0 Å². The van der Waals surface area contributed by atoms with E-state index in [4.69, 9.17) is 17.3 Å². The van der Waals surface area contributed by atoms with Gasteiger partial charge in [-0.05, 0) is 55.0 Å². The molecular formula is C21H17ClN6O. The van der Waals surface area contributed by atoms with Crippen LogP contribution < -0.4 is 16.4 Å². The van der Waals surface area contributed by atoms with Crippen LogP contribution in [0, 0.1) is 6.92 Å². The molecule has 144 valence electrons. The maximum Gasteiger partial charge on any atom is 0.259 e. The first-order valence-corrected chi connectivity index (χ1v) is 9.19. The van der Waals surface area contributed by atoms with Crippen molar-refractivity contribution in [3.8, 4) is 0 Å². The summed E-state index contributed by atoms with van der Waals surface area (Å²) in [4.78, 5) is 25.3. The van der Waals surface area contributed by atoms with Crippen molar-refractivity contribution in [3.63, 3.8) is 0 Å². The highest BCUT2D eigenvalue weighted by Gasteiger charge is 2.13. The molecule has 4 N–H and O–H groups in total. The van der Waals surface area contributed by atoms with E-state index in [2.05, 4.69) is 25.6 Å². The lowest BCUT2D eigenvalue weighted by molar-refractivity contribution is 0.102. The molecular weight excluding hydrogens is 388 g/mol. The number of hydrogen-bond acceptors (Lipinski definition) is 6. The summed E-state index contributed by atoms with van der Waals surface area (Å²) in [7, 11) is 0. The lowest BCUT2D eigenvalue weighted by Gasteiger charge is -2.12. The standard InChI is InChI=1S/C21H17ClN6O/c1-12-4-5-15(10-17(12)22)27-20(29)16-3-2-8-24-19(16)26-14-6-7-18-13(9-14)11-25-21(23)28-18/h2-11H,1H3,(H,24,26)(H,27,29)(H2,23,25,28). The fourth-order valence-corrected chi connectivity index (χ4v) is 3.00. The molecule has 0 aliphatic heterocycles. The molecule has 0 aliphatic rings. The summed E-state index contributed by atoms with van der Waals surface area (Å²) in [5, 5.41) is 7.44. The summed E-state index contributed by atoms with van der Waals surface area (Å²) in [6.07, 6.45) is 3.27. The van der Waals surface area contributed by atoms with Gasteiger partial charge in [0.25, 0.3) is 5.91 Å². The number of fused-ring (bicyclic) bond motifs is 1. The second-order valence-corrected chi connectivity index (χ2v) is 6.85. The zero-order valence-electron chi connectivity index (χ0n) is 15.5. The van der Waals surface area contributed by atoms with Crippen molar-refractivity contribution in [2.24, 2.45) is 0 Å². The van der Waals surface area contributed by atoms with Crippen LogP contribution in [0.5, 0.6) is 0 Å². The van der Waals surface area contributed by atoms with Crippen LogP contribution in [0.3, 0.4) is 0 Å². The summed E-state index contributed by atoms with van der Waals surface area (Å²) in [6, 6.07) is 14.3. The van der Waals surface area contributed by atoms with E-state index in [1.807, 2.05) is 31.2 Å². The highest BCUT2D eigenvalue weighted by Crippen LogP contribution is 2.24. The molecule has 2 heterocycles. The van der Waals surface area contributed by atoms with Crippen molar-refractivity contribution < 1.29 is 4.79 Å². The zero-order valence-corrected chi connectivity index (χ0v) is 16.2. The van der Waals surface area contributed by atoms with Crippen LogP contribution in [0.4, 0.5) is 23.1 Å². The monoisotopic (exact) mass is 404 g/mol. The number of carbonyl (C=O) groups excluding carboxylic acids is 1. The summed E-state index contributed by atoms with van der Waals surface area (Å²) < 4.78 is 0. The quantitative estimate of drug-likeness (QED) is 0.460. The van der Waals surface area contributed by atoms with Crippen LogP contribution in [0.2, 0.25) is 5.02 Å². The Morgan fingerprint density at radius 3 is 2.72 bits per heavy atom. The molecule has 0 saturated heterocycles. The van der Waals surface area contributed by atoms with E-state index in [1.54, 1.807) is 36.7 Å². The number of nitrogens with two attached hydrogens (primary N) is 1. The van der Waals surface area contributed by atoms with Gasteiger partial charge in [0.2, 0.25) is 5.95 Å². The predicted molar refractivity (Wildman–Crippen MR) is 116 cm³/mol. The first kappa shape index (κ1) is 18.6. The molecule has 4 aromatic rings. The number of rotatable bonds is 4. The predicted octanol–water partition coefficient (Wildman–Crippen LogP) is 4.56. The van der Waals surface area contributed by atoms with E-state index in [1.165, 1.54) is 0 Å². The second-order valence-electron chi connectivity index (χ2n) is 6.44. The molecule has 0 fully saturated rings. The first-order chi connectivity index (χ1) is 14.0. The minimum atomic E-state index is -0.294. The van der Waals surface area contributed by atoms with Gasteiger partial charge in [-0.1, -0.05) is 17.7 Å². The van der Waals surface area contributed by atoms with E-state index in [9.17, 15) is 4.79 Å². The number of nitrogens with zero attached hydrogens (tertiary/aromatic N) is 3. The van der Waals surface area contributed by atoms with Crippen LogP contribution in [0.25, 0.3) is 10.9 Å². The van der Waals surface area contributed by atoms with E-state index < -0.39 is 0 Å². The van der Waals surface area contributed by atoms with Crippen LogP contribution >= 0.6 is 11.6 Å². The fraction of sp³-hybridized carbons (Fsp3) is 0.0476. The third kappa shape index (κ3) is 4.09. The largest absolute Gasteiger partial charge is 0.368 e. The lowest BCUT2D eigenvalue weighted by Crippen LogP contribution is -2.14. The highest BCUT2D eigenvalue weighted by molar-refractivity contribution is 6.31. The first-order valence-electron chi connectivity index (χ1n) is 8.81. The molecule has 0 saturated carbocycles. The molecule has 1 amide bonds.